The van der Waals surface area contributed by atoms with Crippen molar-refractivity contribution in [3.8, 4) is 6.07 Å². The molecular formula is C15H20N2O2. The van der Waals surface area contributed by atoms with Gasteiger partial charge < -0.3 is 10.4 Å². The van der Waals surface area contributed by atoms with Crippen LogP contribution in [-0.4, -0.2) is 23.7 Å². The number of hydrogen-bond acceptors (Lipinski definition) is 3. The van der Waals surface area contributed by atoms with Crippen LogP contribution in [0.15, 0.2) is 24.3 Å². The zero-order valence-corrected chi connectivity index (χ0v) is 11.2. The molecule has 0 spiro atoms. The first-order valence-electron chi connectivity index (χ1n) is 6.51. The maximum absolute atomic E-state index is 11.9. The highest BCUT2D eigenvalue weighted by Gasteiger charge is 2.10. The highest BCUT2D eigenvalue weighted by atomic mass is 16.2. The van der Waals surface area contributed by atoms with Gasteiger partial charge in [0, 0.05) is 12.6 Å². The summed E-state index contributed by atoms with van der Waals surface area (Å²) < 4.78 is 0. The summed E-state index contributed by atoms with van der Waals surface area (Å²) in [5, 5.41) is 20.4. The van der Waals surface area contributed by atoms with Crippen LogP contribution >= 0.6 is 0 Å². The zero-order chi connectivity index (χ0) is 14.1. The Morgan fingerprint density at radius 3 is 2.74 bits per heavy atom. The van der Waals surface area contributed by atoms with Gasteiger partial charge >= 0.3 is 0 Å². The van der Waals surface area contributed by atoms with E-state index in [2.05, 4.69) is 11.4 Å². The summed E-state index contributed by atoms with van der Waals surface area (Å²) in [4.78, 5) is 11.9. The van der Waals surface area contributed by atoms with Gasteiger partial charge in [-0.15, -0.1) is 0 Å². The van der Waals surface area contributed by atoms with Crippen molar-refractivity contribution in [1.29, 1.82) is 5.26 Å². The summed E-state index contributed by atoms with van der Waals surface area (Å²) in [7, 11) is 0. The number of nitrogens with zero attached hydrogens (tertiary/aromatic N) is 1. The number of nitriles is 1. The molecule has 0 aromatic heterocycles. The second-order valence-electron chi connectivity index (χ2n) is 4.61. The molecule has 0 fully saturated rings. The average molecular weight is 260 g/mol. The molecule has 1 amide bonds. The molecule has 1 aromatic rings. The van der Waals surface area contributed by atoms with Gasteiger partial charge in [-0.3, -0.25) is 4.79 Å². The molecule has 1 aromatic carbocycles. The SMILES string of the molecule is CC(CCCO)NC(=O)Cc1ccccc1CC#N. The average Bonchev–Trinajstić information content (AvgIpc) is 2.39. The van der Waals surface area contributed by atoms with E-state index in [1.165, 1.54) is 0 Å². The molecule has 0 radical (unpaired) electrons. The molecule has 102 valence electrons. The molecule has 2 N–H and O–H groups in total. The Kier molecular flexibility index (Phi) is 6.62. The number of aliphatic hydroxyl groups excluding tert-OH is 1. The van der Waals surface area contributed by atoms with Gasteiger partial charge in [-0.05, 0) is 30.9 Å². The van der Waals surface area contributed by atoms with Crippen LogP contribution in [0.3, 0.4) is 0 Å². The monoisotopic (exact) mass is 260 g/mol. The maximum Gasteiger partial charge on any atom is 0.224 e. The predicted octanol–water partition coefficient (Wildman–Crippen LogP) is 1.57. The Labute approximate surface area is 114 Å². The van der Waals surface area contributed by atoms with Gasteiger partial charge in [-0.25, -0.2) is 0 Å². The smallest absolute Gasteiger partial charge is 0.224 e. The van der Waals surface area contributed by atoms with E-state index in [9.17, 15) is 4.79 Å². The molecule has 19 heavy (non-hydrogen) atoms. The van der Waals surface area contributed by atoms with Crippen molar-refractivity contribution in [3.05, 3.63) is 35.4 Å². The molecule has 0 saturated heterocycles. The fourth-order valence-corrected chi connectivity index (χ4v) is 1.96. The van der Waals surface area contributed by atoms with Crippen molar-refractivity contribution in [2.75, 3.05) is 6.61 Å². The summed E-state index contributed by atoms with van der Waals surface area (Å²) in [6, 6.07) is 9.67. The summed E-state index contributed by atoms with van der Waals surface area (Å²) >= 11 is 0. The van der Waals surface area contributed by atoms with Gasteiger partial charge in [0.25, 0.3) is 0 Å². The number of rotatable bonds is 7. The van der Waals surface area contributed by atoms with E-state index in [-0.39, 0.29) is 18.6 Å². The first-order valence-corrected chi connectivity index (χ1v) is 6.51. The van der Waals surface area contributed by atoms with Gasteiger partial charge in [0.05, 0.1) is 18.9 Å². The van der Waals surface area contributed by atoms with Crippen LogP contribution in [0.25, 0.3) is 0 Å². The first kappa shape index (κ1) is 15.2. The number of amides is 1. The molecule has 0 aliphatic carbocycles. The van der Waals surface area contributed by atoms with E-state index in [1.807, 2.05) is 31.2 Å². The van der Waals surface area contributed by atoms with Crippen LogP contribution in [0.2, 0.25) is 0 Å². The minimum atomic E-state index is -0.0455. The summed E-state index contributed by atoms with van der Waals surface area (Å²) in [5.74, 6) is -0.0455. The molecule has 0 heterocycles. The fraction of sp³-hybridized carbons (Fsp3) is 0.467. The quantitative estimate of drug-likeness (QED) is 0.781. The second kappa shape index (κ2) is 8.28. The van der Waals surface area contributed by atoms with E-state index < -0.39 is 0 Å². The summed E-state index contributed by atoms with van der Waals surface area (Å²) in [5.41, 5.74) is 1.80. The number of hydrogen-bond donors (Lipinski definition) is 2. The third-order valence-electron chi connectivity index (χ3n) is 2.94. The van der Waals surface area contributed by atoms with E-state index in [4.69, 9.17) is 10.4 Å². The molecule has 1 atom stereocenters. The van der Waals surface area contributed by atoms with Crippen LogP contribution in [-0.2, 0) is 17.6 Å². The molecule has 0 saturated carbocycles. The lowest BCUT2D eigenvalue weighted by Crippen LogP contribution is -2.34. The highest BCUT2D eigenvalue weighted by Crippen LogP contribution is 2.10. The normalized spacial score (nSPS) is 11.6. The number of benzene rings is 1. The second-order valence-corrected chi connectivity index (χ2v) is 4.61. The number of carbonyl (C=O) groups is 1. The molecule has 0 aliphatic heterocycles. The molecule has 1 unspecified atom stereocenters. The zero-order valence-electron chi connectivity index (χ0n) is 11.2. The highest BCUT2D eigenvalue weighted by molar-refractivity contribution is 5.79. The molecule has 1 rings (SSSR count). The minimum Gasteiger partial charge on any atom is -0.396 e. The van der Waals surface area contributed by atoms with Crippen molar-refractivity contribution in [2.24, 2.45) is 0 Å². The third kappa shape index (κ3) is 5.54. The van der Waals surface area contributed by atoms with Gasteiger partial charge in [-0.1, -0.05) is 24.3 Å². The Hall–Kier alpha value is -1.86. The third-order valence-corrected chi connectivity index (χ3v) is 2.94. The Morgan fingerprint density at radius 1 is 1.42 bits per heavy atom. The molecule has 0 bridgehead atoms. The van der Waals surface area contributed by atoms with Crippen LogP contribution in [0.4, 0.5) is 0 Å². The van der Waals surface area contributed by atoms with Crippen LogP contribution in [0.1, 0.15) is 30.9 Å². The van der Waals surface area contributed by atoms with Crippen molar-refractivity contribution < 1.29 is 9.90 Å². The topological polar surface area (TPSA) is 73.1 Å². The standard InChI is InChI=1S/C15H20N2O2/c1-12(5-4-10-18)17-15(19)11-14-7-3-2-6-13(14)8-9-16/h2-3,6-7,12,18H,4-5,8,10-11H2,1H3,(H,17,19). The van der Waals surface area contributed by atoms with E-state index in [1.54, 1.807) is 0 Å². The van der Waals surface area contributed by atoms with E-state index >= 15 is 0 Å². The van der Waals surface area contributed by atoms with Crippen LogP contribution in [0.5, 0.6) is 0 Å². The molecule has 0 aliphatic rings. The van der Waals surface area contributed by atoms with Gasteiger partial charge in [0.1, 0.15) is 0 Å². The Morgan fingerprint density at radius 2 is 2.11 bits per heavy atom. The van der Waals surface area contributed by atoms with E-state index in [0.29, 0.717) is 19.3 Å². The lowest BCUT2D eigenvalue weighted by Gasteiger charge is -2.14. The van der Waals surface area contributed by atoms with Gasteiger partial charge in [0.2, 0.25) is 5.91 Å². The maximum atomic E-state index is 11.9. The van der Waals surface area contributed by atoms with Crippen molar-refractivity contribution in [3.63, 3.8) is 0 Å². The lowest BCUT2D eigenvalue weighted by molar-refractivity contribution is -0.121. The summed E-state index contributed by atoms with van der Waals surface area (Å²) in [6.07, 6.45) is 2.07. The van der Waals surface area contributed by atoms with E-state index in [0.717, 1.165) is 17.5 Å². The Bertz CT molecular complexity index is 452. The molecule has 4 nitrogen and oxygen atoms in total. The van der Waals surface area contributed by atoms with Gasteiger partial charge in [-0.2, -0.15) is 5.26 Å². The number of aliphatic hydroxyl groups is 1. The predicted molar refractivity (Wildman–Crippen MR) is 73.4 cm³/mol. The van der Waals surface area contributed by atoms with Crippen LogP contribution in [0, 0.1) is 11.3 Å². The first-order chi connectivity index (χ1) is 9.17. The molecular weight excluding hydrogens is 240 g/mol. The van der Waals surface area contributed by atoms with Crippen molar-refractivity contribution in [1.82, 2.24) is 5.32 Å². The summed E-state index contributed by atoms with van der Waals surface area (Å²) in [6.45, 7) is 2.07. The Balaban J connectivity index is 2.55. The number of nitrogens with one attached hydrogen (secondary N) is 1. The largest absolute Gasteiger partial charge is 0.396 e. The van der Waals surface area contributed by atoms with Crippen molar-refractivity contribution in [2.45, 2.75) is 38.6 Å². The van der Waals surface area contributed by atoms with Crippen molar-refractivity contribution >= 4 is 5.91 Å². The molecule has 4 heteroatoms. The number of carbonyl (C=O) groups excluding carboxylic acids is 1. The lowest BCUT2D eigenvalue weighted by atomic mass is 10.0. The minimum absolute atomic E-state index is 0.0455. The van der Waals surface area contributed by atoms with Gasteiger partial charge in [0.15, 0.2) is 0 Å². The fourth-order valence-electron chi connectivity index (χ4n) is 1.96. The van der Waals surface area contributed by atoms with Crippen LogP contribution < -0.4 is 5.32 Å².